The smallest absolute Gasteiger partial charge is 0.153 e. The molecule has 4 heteroatoms. The van der Waals surface area contributed by atoms with Crippen molar-refractivity contribution in [3.8, 4) is 22.6 Å². The van der Waals surface area contributed by atoms with E-state index in [1.807, 2.05) is 12.1 Å². The number of aryl methyl sites for hydroxylation is 2. The number of nitrogens with zero attached hydrogens (tertiary/aromatic N) is 1. The summed E-state index contributed by atoms with van der Waals surface area (Å²) < 4.78 is 5.42. The first-order chi connectivity index (χ1) is 9.16. The van der Waals surface area contributed by atoms with Crippen molar-refractivity contribution in [1.82, 2.24) is 10.2 Å². The van der Waals surface area contributed by atoms with Gasteiger partial charge in [-0.2, -0.15) is 5.10 Å². The van der Waals surface area contributed by atoms with E-state index in [2.05, 4.69) is 42.2 Å². The zero-order valence-corrected chi connectivity index (χ0v) is 10.9. The number of nitrogens with two attached hydrogens (primary N) is 1. The van der Waals surface area contributed by atoms with Gasteiger partial charge in [0.15, 0.2) is 11.6 Å². The molecule has 1 aromatic carbocycles. The van der Waals surface area contributed by atoms with E-state index < -0.39 is 0 Å². The van der Waals surface area contributed by atoms with Crippen molar-refractivity contribution in [3.63, 3.8) is 0 Å². The van der Waals surface area contributed by atoms with Crippen molar-refractivity contribution in [3.05, 3.63) is 47.7 Å². The van der Waals surface area contributed by atoms with Gasteiger partial charge in [-0.3, -0.25) is 5.10 Å². The van der Waals surface area contributed by atoms with E-state index in [-0.39, 0.29) is 0 Å². The monoisotopic (exact) mass is 253 g/mol. The average molecular weight is 253 g/mol. The van der Waals surface area contributed by atoms with Gasteiger partial charge in [0.2, 0.25) is 0 Å². The van der Waals surface area contributed by atoms with Crippen LogP contribution in [0.1, 0.15) is 11.1 Å². The SMILES string of the molecule is Cc1ccc(-c2c(N)n[nH]c2-c2ccco2)cc1C. The molecule has 0 radical (unpaired) electrons. The molecule has 3 N–H and O–H groups in total. The summed E-state index contributed by atoms with van der Waals surface area (Å²) in [4.78, 5) is 0. The summed E-state index contributed by atoms with van der Waals surface area (Å²) >= 11 is 0. The molecular weight excluding hydrogens is 238 g/mol. The second kappa shape index (κ2) is 4.31. The Kier molecular flexibility index (Phi) is 2.63. The Morgan fingerprint density at radius 1 is 1.16 bits per heavy atom. The largest absolute Gasteiger partial charge is 0.463 e. The van der Waals surface area contributed by atoms with E-state index in [1.165, 1.54) is 11.1 Å². The third kappa shape index (κ3) is 1.91. The van der Waals surface area contributed by atoms with Crippen LogP contribution in [0.2, 0.25) is 0 Å². The van der Waals surface area contributed by atoms with Crippen LogP contribution in [0, 0.1) is 13.8 Å². The fourth-order valence-corrected chi connectivity index (χ4v) is 2.14. The van der Waals surface area contributed by atoms with Crippen LogP contribution in [-0.2, 0) is 0 Å². The van der Waals surface area contributed by atoms with E-state index in [0.29, 0.717) is 5.82 Å². The number of aromatic amines is 1. The van der Waals surface area contributed by atoms with Crippen molar-refractivity contribution in [2.45, 2.75) is 13.8 Å². The second-order valence-electron chi connectivity index (χ2n) is 4.64. The van der Waals surface area contributed by atoms with E-state index >= 15 is 0 Å². The summed E-state index contributed by atoms with van der Waals surface area (Å²) in [5.74, 6) is 1.21. The Labute approximate surface area is 111 Å². The molecule has 0 bridgehead atoms. The Morgan fingerprint density at radius 2 is 2.00 bits per heavy atom. The van der Waals surface area contributed by atoms with Crippen LogP contribution in [0.5, 0.6) is 0 Å². The van der Waals surface area contributed by atoms with E-state index in [1.54, 1.807) is 6.26 Å². The zero-order valence-electron chi connectivity index (χ0n) is 10.9. The lowest BCUT2D eigenvalue weighted by molar-refractivity contribution is 0.580. The normalized spacial score (nSPS) is 10.8. The van der Waals surface area contributed by atoms with E-state index in [0.717, 1.165) is 22.6 Å². The summed E-state index contributed by atoms with van der Waals surface area (Å²) in [6, 6.07) is 9.98. The first-order valence-electron chi connectivity index (χ1n) is 6.12. The highest BCUT2D eigenvalue weighted by atomic mass is 16.3. The maximum Gasteiger partial charge on any atom is 0.153 e. The molecule has 0 aliphatic heterocycles. The van der Waals surface area contributed by atoms with E-state index in [9.17, 15) is 0 Å². The van der Waals surface area contributed by atoms with Gasteiger partial charge in [0.1, 0.15) is 5.69 Å². The standard InChI is InChI=1S/C15H15N3O/c1-9-5-6-11(8-10(9)2)13-14(17-18-15(13)16)12-4-3-7-19-12/h3-8H,1-2H3,(H3,16,17,18). The van der Waals surface area contributed by atoms with Gasteiger partial charge in [-0.1, -0.05) is 18.2 Å². The predicted octanol–water partition coefficient (Wildman–Crippen LogP) is 3.54. The molecule has 0 aliphatic carbocycles. The van der Waals surface area contributed by atoms with Crippen LogP contribution >= 0.6 is 0 Å². The summed E-state index contributed by atoms with van der Waals surface area (Å²) in [7, 11) is 0. The van der Waals surface area contributed by atoms with Gasteiger partial charge in [-0.15, -0.1) is 0 Å². The summed E-state index contributed by atoms with van der Waals surface area (Å²) in [6.45, 7) is 4.17. The molecule has 0 saturated heterocycles. The molecule has 0 atom stereocenters. The van der Waals surface area contributed by atoms with Gasteiger partial charge in [-0.25, -0.2) is 0 Å². The molecule has 0 fully saturated rings. The minimum Gasteiger partial charge on any atom is -0.463 e. The van der Waals surface area contributed by atoms with Crippen LogP contribution in [0.25, 0.3) is 22.6 Å². The van der Waals surface area contributed by atoms with Crippen molar-refractivity contribution in [2.75, 3.05) is 5.73 Å². The Bertz CT molecular complexity index is 711. The average Bonchev–Trinajstić information content (AvgIpc) is 3.01. The first kappa shape index (κ1) is 11.6. The van der Waals surface area contributed by atoms with Crippen molar-refractivity contribution >= 4 is 5.82 Å². The fraction of sp³-hybridized carbons (Fsp3) is 0.133. The number of nitrogens with one attached hydrogen (secondary N) is 1. The van der Waals surface area contributed by atoms with Crippen LogP contribution < -0.4 is 5.73 Å². The highest BCUT2D eigenvalue weighted by molar-refractivity contribution is 5.86. The van der Waals surface area contributed by atoms with Crippen LogP contribution in [0.4, 0.5) is 5.82 Å². The lowest BCUT2D eigenvalue weighted by Gasteiger charge is -2.06. The molecule has 4 nitrogen and oxygen atoms in total. The topological polar surface area (TPSA) is 67.8 Å². The number of benzene rings is 1. The number of hydrogen-bond acceptors (Lipinski definition) is 3. The summed E-state index contributed by atoms with van der Waals surface area (Å²) in [6.07, 6.45) is 1.64. The fourth-order valence-electron chi connectivity index (χ4n) is 2.14. The van der Waals surface area contributed by atoms with Crippen LogP contribution in [0.3, 0.4) is 0 Å². The number of anilines is 1. The lowest BCUT2D eigenvalue weighted by atomic mass is 9.99. The zero-order chi connectivity index (χ0) is 13.4. The third-order valence-electron chi connectivity index (χ3n) is 3.36. The highest BCUT2D eigenvalue weighted by Gasteiger charge is 2.16. The van der Waals surface area contributed by atoms with Crippen LogP contribution in [-0.4, -0.2) is 10.2 Å². The van der Waals surface area contributed by atoms with Gasteiger partial charge in [0, 0.05) is 0 Å². The number of nitrogen functional groups attached to an aromatic ring is 1. The van der Waals surface area contributed by atoms with Crippen molar-refractivity contribution in [2.24, 2.45) is 0 Å². The lowest BCUT2D eigenvalue weighted by Crippen LogP contribution is -1.90. The van der Waals surface area contributed by atoms with Gasteiger partial charge in [0.25, 0.3) is 0 Å². The molecule has 0 saturated carbocycles. The third-order valence-corrected chi connectivity index (χ3v) is 3.36. The molecule has 2 aromatic heterocycles. The van der Waals surface area contributed by atoms with Crippen LogP contribution in [0.15, 0.2) is 41.0 Å². The number of hydrogen-bond donors (Lipinski definition) is 2. The minimum atomic E-state index is 0.481. The Balaban J connectivity index is 2.19. The van der Waals surface area contributed by atoms with Crippen molar-refractivity contribution in [1.29, 1.82) is 0 Å². The number of aromatic nitrogens is 2. The maximum atomic E-state index is 5.98. The van der Waals surface area contributed by atoms with Crippen molar-refractivity contribution < 1.29 is 4.42 Å². The summed E-state index contributed by atoms with van der Waals surface area (Å²) in [5.41, 5.74) is 11.2. The minimum absolute atomic E-state index is 0.481. The Hall–Kier alpha value is -2.49. The molecule has 0 aliphatic rings. The van der Waals surface area contributed by atoms with E-state index in [4.69, 9.17) is 10.2 Å². The first-order valence-corrected chi connectivity index (χ1v) is 6.12. The van der Waals surface area contributed by atoms with Gasteiger partial charge in [-0.05, 0) is 42.7 Å². The Morgan fingerprint density at radius 3 is 2.68 bits per heavy atom. The molecule has 0 spiro atoms. The molecule has 19 heavy (non-hydrogen) atoms. The maximum absolute atomic E-state index is 5.98. The molecule has 2 heterocycles. The molecule has 96 valence electrons. The van der Waals surface area contributed by atoms with Gasteiger partial charge in [0.05, 0.1) is 11.8 Å². The quantitative estimate of drug-likeness (QED) is 0.734. The molecule has 0 amide bonds. The molecule has 0 unspecified atom stereocenters. The predicted molar refractivity (Wildman–Crippen MR) is 75.6 cm³/mol. The number of H-pyrrole nitrogens is 1. The molecule has 3 aromatic rings. The molecule has 3 rings (SSSR count). The number of rotatable bonds is 2. The second-order valence-corrected chi connectivity index (χ2v) is 4.64. The van der Waals surface area contributed by atoms with Gasteiger partial charge >= 0.3 is 0 Å². The highest BCUT2D eigenvalue weighted by Crippen LogP contribution is 2.35. The van der Waals surface area contributed by atoms with Gasteiger partial charge < -0.3 is 10.2 Å². The summed E-state index contributed by atoms with van der Waals surface area (Å²) in [5, 5.41) is 7.03. The number of furan rings is 1. The molecular formula is C15H15N3O.